The molecule has 1 saturated carbocycles. The van der Waals surface area contributed by atoms with Gasteiger partial charge >= 0.3 is 0 Å². The maximum absolute atomic E-state index is 5.61. The van der Waals surface area contributed by atoms with Gasteiger partial charge in [0.15, 0.2) is 0 Å². The number of rotatable bonds is 2. The maximum Gasteiger partial charge on any atom is 0.108 e. The monoisotopic (exact) mass is 173 g/mol. The van der Waals surface area contributed by atoms with E-state index in [-0.39, 0.29) is 0 Å². The van der Waals surface area contributed by atoms with Crippen molar-refractivity contribution in [3.8, 4) is 0 Å². The van der Waals surface area contributed by atoms with E-state index in [0.29, 0.717) is 5.88 Å². The average molecular weight is 174 g/mol. The number of hydrogen-bond acceptors (Lipinski definition) is 2. The second-order valence-electron chi connectivity index (χ2n) is 2.57. The van der Waals surface area contributed by atoms with Crippen molar-refractivity contribution in [1.29, 1.82) is 0 Å². The molecular weight excluding hydrogens is 166 g/mol. The molecule has 3 heteroatoms. The lowest BCUT2D eigenvalue weighted by Gasteiger charge is -1.84. The molecule has 1 aromatic rings. The molecule has 0 aromatic carbocycles. The molecule has 54 valence electrons. The lowest BCUT2D eigenvalue weighted by Crippen LogP contribution is -1.79. The summed E-state index contributed by atoms with van der Waals surface area (Å²) in [7, 11) is 0. The van der Waals surface area contributed by atoms with Crippen LogP contribution in [-0.4, -0.2) is 4.98 Å². The molecular formula is C7H8ClNS. The quantitative estimate of drug-likeness (QED) is 0.627. The van der Waals surface area contributed by atoms with Crippen LogP contribution in [0.15, 0.2) is 5.38 Å². The highest BCUT2D eigenvalue weighted by molar-refractivity contribution is 7.09. The van der Waals surface area contributed by atoms with Gasteiger partial charge < -0.3 is 0 Å². The van der Waals surface area contributed by atoms with Crippen LogP contribution in [0.3, 0.4) is 0 Å². The van der Waals surface area contributed by atoms with Crippen LogP contribution in [0.4, 0.5) is 0 Å². The second-order valence-corrected chi connectivity index (χ2v) is 3.78. The molecule has 1 aliphatic rings. The first kappa shape index (κ1) is 6.62. The number of thiazole rings is 1. The molecule has 1 aromatic heterocycles. The van der Waals surface area contributed by atoms with Crippen LogP contribution >= 0.6 is 22.9 Å². The Kier molecular flexibility index (Phi) is 1.66. The molecule has 1 aliphatic carbocycles. The molecule has 2 rings (SSSR count). The molecule has 1 fully saturated rings. The molecule has 0 unspecified atom stereocenters. The molecule has 0 N–H and O–H groups in total. The van der Waals surface area contributed by atoms with Crippen molar-refractivity contribution in [3.05, 3.63) is 16.1 Å². The zero-order valence-corrected chi connectivity index (χ0v) is 7.08. The van der Waals surface area contributed by atoms with Gasteiger partial charge in [0.25, 0.3) is 0 Å². The van der Waals surface area contributed by atoms with Gasteiger partial charge in [0.2, 0.25) is 0 Å². The highest BCUT2D eigenvalue weighted by Crippen LogP contribution is 2.40. The number of nitrogens with zero attached hydrogens (tertiary/aromatic N) is 1. The summed E-state index contributed by atoms with van der Waals surface area (Å²) in [6, 6.07) is 0. The van der Waals surface area contributed by atoms with Gasteiger partial charge in [-0.1, -0.05) is 0 Å². The van der Waals surface area contributed by atoms with E-state index in [0.717, 1.165) is 10.9 Å². The van der Waals surface area contributed by atoms with Gasteiger partial charge in [0.1, 0.15) is 5.01 Å². The highest BCUT2D eigenvalue weighted by Gasteiger charge is 2.25. The van der Waals surface area contributed by atoms with Gasteiger partial charge in [-0.25, -0.2) is 4.98 Å². The maximum atomic E-state index is 5.61. The largest absolute Gasteiger partial charge is 0.245 e. The summed E-state index contributed by atoms with van der Waals surface area (Å²) in [5.41, 5.74) is 1.26. The van der Waals surface area contributed by atoms with E-state index in [2.05, 4.69) is 10.4 Å². The summed E-state index contributed by atoms with van der Waals surface area (Å²) in [5, 5.41) is 3.19. The van der Waals surface area contributed by atoms with Crippen LogP contribution in [0.25, 0.3) is 0 Å². The number of alkyl halides is 1. The van der Waals surface area contributed by atoms with Crippen molar-refractivity contribution >= 4 is 22.9 Å². The van der Waals surface area contributed by atoms with Crippen LogP contribution in [0.1, 0.15) is 29.5 Å². The minimum atomic E-state index is 0.567. The standard InChI is InChI=1S/C7H8ClNS/c8-3-7-9-6(4-10-7)5-1-2-5/h4-5H,1-3H2. The molecule has 0 spiro atoms. The van der Waals surface area contributed by atoms with Gasteiger partial charge in [0.05, 0.1) is 11.6 Å². The van der Waals surface area contributed by atoms with E-state index in [1.165, 1.54) is 18.5 Å². The number of halogens is 1. The lowest BCUT2D eigenvalue weighted by molar-refractivity contribution is 1.03. The molecule has 10 heavy (non-hydrogen) atoms. The van der Waals surface area contributed by atoms with Gasteiger partial charge in [-0.05, 0) is 12.8 Å². The minimum absolute atomic E-state index is 0.567. The summed E-state index contributed by atoms with van der Waals surface area (Å²) in [4.78, 5) is 4.38. The third-order valence-electron chi connectivity index (χ3n) is 1.68. The first-order valence-electron chi connectivity index (χ1n) is 3.40. The molecule has 1 heterocycles. The molecule has 0 amide bonds. The van der Waals surface area contributed by atoms with Crippen molar-refractivity contribution in [2.75, 3.05) is 0 Å². The first-order chi connectivity index (χ1) is 4.90. The van der Waals surface area contributed by atoms with Crippen LogP contribution in [0.5, 0.6) is 0 Å². The fourth-order valence-corrected chi connectivity index (χ4v) is 1.92. The van der Waals surface area contributed by atoms with E-state index in [9.17, 15) is 0 Å². The number of aromatic nitrogens is 1. The zero-order valence-electron chi connectivity index (χ0n) is 5.51. The van der Waals surface area contributed by atoms with E-state index >= 15 is 0 Å². The SMILES string of the molecule is ClCc1nc(C2CC2)cs1. The fraction of sp³-hybridized carbons (Fsp3) is 0.571. The molecule has 0 radical (unpaired) electrons. The Balaban J connectivity index is 2.19. The highest BCUT2D eigenvalue weighted by atomic mass is 35.5. The van der Waals surface area contributed by atoms with Crippen LogP contribution < -0.4 is 0 Å². The van der Waals surface area contributed by atoms with E-state index in [4.69, 9.17) is 11.6 Å². The average Bonchev–Trinajstić information content (AvgIpc) is 2.70. The smallest absolute Gasteiger partial charge is 0.108 e. The lowest BCUT2D eigenvalue weighted by atomic mass is 10.3. The van der Waals surface area contributed by atoms with E-state index in [1.54, 1.807) is 11.3 Å². The Bertz CT molecular complexity index is 229. The van der Waals surface area contributed by atoms with Gasteiger partial charge in [-0.15, -0.1) is 22.9 Å². The normalized spacial score (nSPS) is 17.7. The molecule has 1 nitrogen and oxygen atoms in total. The van der Waals surface area contributed by atoms with Crippen molar-refractivity contribution in [1.82, 2.24) is 4.98 Å². The van der Waals surface area contributed by atoms with Gasteiger partial charge in [-0.3, -0.25) is 0 Å². The molecule has 0 aliphatic heterocycles. The third kappa shape index (κ3) is 1.18. The first-order valence-corrected chi connectivity index (χ1v) is 4.82. The van der Waals surface area contributed by atoms with Crippen molar-refractivity contribution < 1.29 is 0 Å². The number of hydrogen-bond donors (Lipinski definition) is 0. The Morgan fingerprint density at radius 3 is 3.00 bits per heavy atom. The van der Waals surface area contributed by atoms with Crippen molar-refractivity contribution in [2.45, 2.75) is 24.6 Å². The molecule has 0 atom stereocenters. The van der Waals surface area contributed by atoms with Crippen molar-refractivity contribution in [2.24, 2.45) is 0 Å². The Morgan fingerprint density at radius 2 is 2.50 bits per heavy atom. The summed E-state index contributed by atoms with van der Waals surface area (Å²) >= 11 is 7.29. The zero-order chi connectivity index (χ0) is 6.97. The topological polar surface area (TPSA) is 12.9 Å². The van der Waals surface area contributed by atoms with Gasteiger partial charge in [0, 0.05) is 11.3 Å². The van der Waals surface area contributed by atoms with Crippen molar-refractivity contribution in [3.63, 3.8) is 0 Å². The van der Waals surface area contributed by atoms with Crippen LogP contribution in [0, 0.1) is 0 Å². The molecule has 0 bridgehead atoms. The predicted octanol–water partition coefficient (Wildman–Crippen LogP) is 2.76. The predicted molar refractivity (Wildman–Crippen MR) is 43.6 cm³/mol. The third-order valence-corrected chi connectivity index (χ3v) is 2.96. The van der Waals surface area contributed by atoms with E-state index in [1.807, 2.05) is 0 Å². The second kappa shape index (κ2) is 2.51. The summed E-state index contributed by atoms with van der Waals surface area (Å²) in [6.45, 7) is 0. The van der Waals surface area contributed by atoms with Crippen LogP contribution in [0.2, 0.25) is 0 Å². The Morgan fingerprint density at radius 1 is 1.70 bits per heavy atom. The summed E-state index contributed by atoms with van der Waals surface area (Å²) < 4.78 is 0. The van der Waals surface area contributed by atoms with Crippen LogP contribution in [-0.2, 0) is 5.88 Å². The summed E-state index contributed by atoms with van der Waals surface area (Å²) in [5.74, 6) is 1.34. The minimum Gasteiger partial charge on any atom is -0.245 e. The Hall–Kier alpha value is -0.0800. The van der Waals surface area contributed by atoms with E-state index < -0.39 is 0 Å². The summed E-state index contributed by atoms with van der Waals surface area (Å²) in [6.07, 6.45) is 2.65. The Labute approximate surface area is 69.0 Å². The van der Waals surface area contributed by atoms with Gasteiger partial charge in [-0.2, -0.15) is 0 Å². The fourth-order valence-electron chi connectivity index (χ4n) is 0.953. The molecule has 0 saturated heterocycles.